The Balaban J connectivity index is 2.53. The fraction of sp³-hybridized carbons (Fsp3) is 1.00. The fourth-order valence-electron chi connectivity index (χ4n) is 2.55. The average Bonchev–Trinajstić information content (AvgIpc) is 2.30. The van der Waals surface area contributed by atoms with Crippen molar-refractivity contribution in [2.24, 2.45) is 0 Å². The van der Waals surface area contributed by atoms with Crippen LogP contribution in [0.5, 0.6) is 0 Å². The summed E-state index contributed by atoms with van der Waals surface area (Å²) in [6, 6.07) is 0.635. The van der Waals surface area contributed by atoms with Gasteiger partial charge in [0.2, 0.25) is 0 Å². The van der Waals surface area contributed by atoms with E-state index in [1.807, 2.05) is 0 Å². The number of nitrogens with one attached hydrogen (secondary N) is 1. The van der Waals surface area contributed by atoms with Crippen LogP contribution in [0.15, 0.2) is 0 Å². The summed E-state index contributed by atoms with van der Waals surface area (Å²) in [5.41, 5.74) is 0.630. The molecule has 0 aliphatic carbocycles. The summed E-state index contributed by atoms with van der Waals surface area (Å²) in [6.07, 6.45) is 6.42. The molecule has 15 heavy (non-hydrogen) atoms. The van der Waals surface area contributed by atoms with E-state index < -0.39 is 9.28 Å². The summed E-state index contributed by atoms with van der Waals surface area (Å²) < 4.78 is 11.1. The molecule has 1 aliphatic heterocycles. The summed E-state index contributed by atoms with van der Waals surface area (Å²) in [5, 5.41) is 3.63. The first-order valence-electron chi connectivity index (χ1n) is 6.12. The van der Waals surface area contributed by atoms with Crippen molar-refractivity contribution >= 4 is 9.28 Å². The summed E-state index contributed by atoms with van der Waals surface area (Å²) in [6.45, 7) is 3.41. The quantitative estimate of drug-likeness (QED) is 0.707. The number of rotatable bonds is 6. The van der Waals surface area contributed by atoms with Crippen LogP contribution in [0.25, 0.3) is 0 Å². The maximum absolute atomic E-state index is 5.54. The molecule has 1 aliphatic rings. The van der Waals surface area contributed by atoms with Gasteiger partial charge in [-0.2, -0.15) is 0 Å². The lowest BCUT2D eigenvalue weighted by Gasteiger charge is -2.33. The van der Waals surface area contributed by atoms with Crippen LogP contribution in [-0.4, -0.2) is 36.1 Å². The maximum atomic E-state index is 5.54. The Morgan fingerprint density at radius 1 is 1.33 bits per heavy atom. The van der Waals surface area contributed by atoms with Crippen molar-refractivity contribution in [1.82, 2.24) is 5.32 Å². The van der Waals surface area contributed by atoms with Gasteiger partial charge in [-0.15, -0.1) is 0 Å². The Morgan fingerprint density at radius 3 is 2.53 bits per heavy atom. The van der Waals surface area contributed by atoms with Crippen LogP contribution >= 0.6 is 0 Å². The average molecular weight is 231 g/mol. The van der Waals surface area contributed by atoms with Crippen LogP contribution < -0.4 is 5.32 Å². The Kier molecular flexibility index (Phi) is 6.48. The minimum absolute atomic E-state index is 0.630. The SMILES string of the molecule is CCCC(C1CCCCN1)[SiH](OC)OC. The second-order valence-corrected chi connectivity index (χ2v) is 6.88. The van der Waals surface area contributed by atoms with E-state index >= 15 is 0 Å². The zero-order valence-electron chi connectivity index (χ0n) is 10.3. The molecule has 3 nitrogen and oxygen atoms in total. The van der Waals surface area contributed by atoms with Crippen LogP contribution in [0.4, 0.5) is 0 Å². The molecule has 0 aromatic heterocycles. The molecule has 0 aromatic carbocycles. The van der Waals surface area contributed by atoms with E-state index in [0.717, 1.165) is 0 Å². The molecule has 0 spiro atoms. The van der Waals surface area contributed by atoms with E-state index in [-0.39, 0.29) is 0 Å². The smallest absolute Gasteiger partial charge is 0.325 e. The van der Waals surface area contributed by atoms with Gasteiger partial charge in [-0.3, -0.25) is 0 Å². The monoisotopic (exact) mass is 231 g/mol. The molecule has 1 saturated heterocycles. The summed E-state index contributed by atoms with van der Waals surface area (Å²) in [4.78, 5) is 0. The standard InChI is InChI=1S/C11H25NO2Si/c1-4-7-11(15(13-2)14-3)10-8-5-6-9-12-10/h10-12,15H,4-9H2,1-3H3. The first kappa shape index (κ1) is 13.2. The van der Waals surface area contributed by atoms with Crippen molar-refractivity contribution in [3.8, 4) is 0 Å². The predicted molar refractivity (Wildman–Crippen MR) is 65.5 cm³/mol. The van der Waals surface area contributed by atoms with Gasteiger partial charge in [0.05, 0.1) is 0 Å². The Labute approximate surface area is 95.4 Å². The van der Waals surface area contributed by atoms with Crippen molar-refractivity contribution in [1.29, 1.82) is 0 Å². The lowest BCUT2D eigenvalue weighted by atomic mass is 9.99. The zero-order valence-corrected chi connectivity index (χ0v) is 11.4. The third kappa shape index (κ3) is 3.87. The molecular weight excluding hydrogens is 206 g/mol. The maximum Gasteiger partial charge on any atom is 0.325 e. The van der Waals surface area contributed by atoms with Crippen molar-refractivity contribution in [2.45, 2.75) is 50.6 Å². The van der Waals surface area contributed by atoms with Crippen LogP contribution in [0.2, 0.25) is 5.54 Å². The van der Waals surface area contributed by atoms with Gasteiger partial charge in [0.25, 0.3) is 0 Å². The van der Waals surface area contributed by atoms with Crippen LogP contribution in [0, 0.1) is 0 Å². The predicted octanol–water partition coefficient (Wildman–Crippen LogP) is 1.81. The molecule has 0 saturated carbocycles. The molecule has 1 N–H and O–H groups in total. The largest absolute Gasteiger partial charge is 0.400 e. The highest BCUT2D eigenvalue weighted by Gasteiger charge is 2.32. The highest BCUT2D eigenvalue weighted by Crippen LogP contribution is 2.28. The van der Waals surface area contributed by atoms with Gasteiger partial charge in [0.1, 0.15) is 0 Å². The first-order valence-corrected chi connectivity index (χ1v) is 7.73. The highest BCUT2D eigenvalue weighted by atomic mass is 28.3. The second-order valence-electron chi connectivity index (χ2n) is 4.35. The topological polar surface area (TPSA) is 30.5 Å². The highest BCUT2D eigenvalue weighted by molar-refractivity contribution is 6.46. The van der Waals surface area contributed by atoms with Crippen LogP contribution in [0.1, 0.15) is 39.0 Å². The van der Waals surface area contributed by atoms with Gasteiger partial charge in [0.15, 0.2) is 0 Å². The molecule has 1 heterocycles. The molecule has 0 radical (unpaired) electrons. The third-order valence-corrected chi connectivity index (χ3v) is 5.73. The molecule has 90 valence electrons. The van der Waals surface area contributed by atoms with E-state index in [9.17, 15) is 0 Å². The minimum Gasteiger partial charge on any atom is -0.400 e. The van der Waals surface area contributed by atoms with Gasteiger partial charge >= 0.3 is 9.28 Å². The number of piperidine rings is 1. The van der Waals surface area contributed by atoms with E-state index in [0.29, 0.717) is 11.6 Å². The number of hydrogen-bond donors (Lipinski definition) is 1. The molecule has 2 atom stereocenters. The van der Waals surface area contributed by atoms with E-state index in [1.54, 1.807) is 14.2 Å². The fourth-order valence-corrected chi connectivity index (χ4v) is 4.76. The zero-order chi connectivity index (χ0) is 11.1. The van der Waals surface area contributed by atoms with Crippen molar-refractivity contribution in [3.05, 3.63) is 0 Å². The van der Waals surface area contributed by atoms with E-state index in [2.05, 4.69) is 12.2 Å². The van der Waals surface area contributed by atoms with Crippen LogP contribution in [0.3, 0.4) is 0 Å². The Morgan fingerprint density at radius 2 is 2.07 bits per heavy atom. The molecule has 1 rings (SSSR count). The summed E-state index contributed by atoms with van der Waals surface area (Å²) in [7, 11) is 2.13. The lowest BCUT2D eigenvalue weighted by molar-refractivity contribution is 0.240. The van der Waals surface area contributed by atoms with Crippen LogP contribution in [-0.2, 0) is 8.85 Å². The molecule has 1 fully saturated rings. The van der Waals surface area contributed by atoms with Gasteiger partial charge in [-0.1, -0.05) is 19.8 Å². The van der Waals surface area contributed by atoms with E-state index in [4.69, 9.17) is 8.85 Å². The second kappa shape index (κ2) is 7.38. The molecule has 2 unspecified atom stereocenters. The first-order chi connectivity index (χ1) is 7.33. The normalized spacial score (nSPS) is 24.4. The molecule has 0 aromatic rings. The Hall–Kier alpha value is 0.0969. The minimum atomic E-state index is -1.46. The van der Waals surface area contributed by atoms with Gasteiger partial charge in [-0.25, -0.2) is 0 Å². The molecular formula is C11H25NO2Si. The summed E-state index contributed by atoms with van der Waals surface area (Å²) in [5.74, 6) is 0. The van der Waals surface area contributed by atoms with Crippen molar-refractivity contribution in [3.63, 3.8) is 0 Å². The van der Waals surface area contributed by atoms with E-state index in [1.165, 1.54) is 38.6 Å². The molecule has 4 heteroatoms. The van der Waals surface area contributed by atoms with Crippen molar-refractivity contribution in [2.75, 3.05) is 20.8 Å². The number of hydrogen-bond acceptors (Lipinski definition) is 3. The van der Waals surface area contributed by atoms with Gasteiger partial charge < -0.3 is 14.2 Å². The third-order valence-electron chi connectivity index (χ3n) is 3.30. The summed E-state index contributed by atoms with van der Waals surface area (Å²) >= 11 is 0. The van der Waals surface area contributed by atoms with Gasteiger partial charge in [0, 0.05) is 25.8 Å². The van der Waals surface area contributed by atoms with Crippen molar-refractivity contribution < 1.29 is 8.85 Å². The lowest BCUT2D eigenvalue weighted by Crippen LogP contribution is -2.44. The van der Waals surface area contributed by atoms with Gasteiger partial charge in [-0.05, 0) is 25.8 Å². The molecule has 0 bridgehead atoms. The Bertz CT molecular complexity index is 159. The molecule has 0 amide bonds.